The molecular formula is C27H33N5O3. The molecule has 0 aliphatic carbocycles. The van der Waals surface area contributed by atoms with Crippen LogP contribution in [-0.4, -0.2) is 63.3 Å². The number of amides is 1. The minimum atomic E-state index is -1.60. The first-order valence-electron chi connectivity index (χ1n) is 12.2. The Morgan fingerprint density at radius 2 is 1.40 bits per heavy atom. The van der Waals surface area contributed by atoms with E-state index in [-0.39, 0.29) is 5.69 Å². The molecule has 2 aliphatic heterocycles. The zero-order valence-electron chi connectivity index (χ0n) is 20.3. The van der Waals surface area contributed by atoms with Crippen LogP contribution in [0.1, 0.15) is 36.8 Å². The van der Waals surface area contributed by atoms with E-state index in [1.165, 1.54) is 11.9 Å². The lowest BCUT2D eigenvalue weighted by Crippen LogP contribution is -2.47. The molecule has 1 saturated heterocycles. The molecule has 2 aromatic carbocycles. The van der Waals surface area contributed by atoms with Gasteiger partial charge in [0.1, 0.15) is 11.9 Å². The lowest BCUT2D eigenvalue weighted by molar-refractivity contribution is -0.147. The third-order valence-corrected chi connectivity index (χ3v) is 6.37. The molecule has 1 amide bonds. The van der Waals surface area contributed by atoms with E-state index >= 15 is 0 Å². The van der Waals surface area contributed by atoms with Crippen LogP contribution >= 0.6 is 0 Å². The number of anilines is 2. The second-order valence-corrected chi connectivity index (χ2v) is 8.46. The van der Waals surface area contributed by atoms with Crippen molar-refractivity contribution in [2.75, 3.05) is 36.0 Å². The number of hydrogen-bond donors (Lipinski definition) is 2. The van der Waals surface area contributed by atoms with Gasteiger partial charge in [0.15, 0.2) is 6.10 Å². The van der Waals surface area contributed by atoms with Crippen LogP contribution in [0.15, 0.2) is 67.0 Å². The van der Waals surface area contributed by atoms with Crippen LogP contribution in [0.2, 0.25) is 0 Å². The molecule has 0 bridgehead atoms. The fourth-order valence-electron chi connectivity index (χ4n) is 4.47. The van der Waals surface area contributed by atoms with Gasteiger partial charge >= 0.3 is 0 Å². The second-order valence-electron chi connectivity index (χ2n) is 8.46. The quantitative estimate of drug-likeness (QED) is 0.586. The minimum absolute atomic E-state index is 0.190. The lowest BCUT2D eigenvalue weighted by atomic mass is 10.1. The maximum Gasteiger partial charge on any atom is 0.255 e. The maximum atomic E-state index is 12.8. The van der Waals surface area contributed by atoms with Crippen LogP contribution in [0.25, 0.3) is 0 Å². The van der Waals surface area contributed by atoms with Gasteiger partial charge in [-0.3, -0.25) is 9.78 Å². The molecule has 0 unspecified atom stereocenters. The first-order chi connectivity index (χ1) is 17.1. The standard InChI is InChI=1S/C25H27N5O3.C2H6/c31-23(24(32)25(33)30-16-18-6-4-5-7-19(18)17-30)21-14-26-15-22(27-21)29-12-10-28(11-13-29)20-8-2-1-3-9-20;1-2/h1-9,14-15,23-24,31-32H,10-13,16-17H2;1-2H3/t23-,24+;/m0./s1. The molecule has 2 N–H and O–H groups in total. The Balaban J connectivity index is 0.00000141. The zero-order chi connectivity index (χ0) is 24.8. The van der Waals surface area contributed by atoms with Crippen LogP contribution in [-0.2, 0) is 17.9 Å². The highest BCUT2D eigenvalue weighted by Crippen LogP contribution is 2.26. The Hall–Kier alpha value is -3.49. The molecule has 8 heteroatoms. The molecule has 184 valence electrons. The van der Waals surface area contributed by atoms with Crippen molar-refractivity contribution in [3.8, 4) is 0 Å². The van der Waals surface area contributed by atoms with Crippen molar-refractivity contribution in [3.63, 3.8) is 0 Å². The van der Waals surface area contributed by atoms with E-state index in [1.54, 1.807) is 11.1 Å². The van der Waals surface area contributed by atoms with Gasteiger partial charge in [-0.25, -0.2) is 4.98 Å². The normalized spacial score (nSPS) is 16.7. The summed E-state index contributed by atoms with van der Waals surface area (Å²) in [5, 5.41) is 21.3. The smallest absolute Gasteiger partial charge is 0.255 e. The van der Waals surface area contributed by atoms with Gasteiger partial charge in [0.2, 0.25) is 0 Å². The van der Waals surface area contributed by atoms with Gasteiger partial charge in [0.25, 0.3) is 5.91 Å². The van der Waals surface area contributed by atoms with Crippen LogP contribution < -0.4 is 9.80 Å². The highest BCUT2D eigenvalue weighted by atomic mass is 16.3. The van der Waals surface area contributed by atoms with Gasteiger partial charge in [0, 0.05) is 45.0 Å². The Kier molecular flexibility index (Phi) is 7.94. The summed E-state index contributed by atoms with van der Waals surface area (Å²) in [5.41, 5.74) is 3.50. The average Bonchev–Trinajstić information content (AvgIpc) is 3.38. The molecule has 0 radical (unpaired) electrons. The molecular weight excluding hydrogens is 442 g/mol. The average molecular weight is 476 g/mol. The van der Waals surface area contributed by atoms with Gasteiger partial charge in [0.05, 0.1) is 18.1 Å². The Morgan fingerprint density at radius 1 is 0.829 bits per heavy atom. The monoisotopic (exact) mass is 475 g/mol. The van der Waals surface area contributed by atoms with E-state index in [4.69, 9.17) is 0 Å². The second kappa shape index (κ2) is 11.3. The van der Waals surface area contributed by atoms with E-state index in [0.29, 0.717) is 18.9 Å². The predicted octanol–water partition coefficient (Wildman–Crippen LogP) is 2.77. The SMILES string of the molecule is CC.O=C([C@H](O)[C@@H](O)c1cncc(N2CCN(c3ccccc3)CC2)n1)N1Cc2ccccc2C1. The Labute approximate surface area is 206 Å². The molecule has 3 heterocycles. The number of aliphatic hydroxyl groups excluding tert-OH is 2. The summed E-state index contributed by atoms with van der Waals surface area (Å²) < 4.78 is 0. The molecule has 2 atom stereocenters. The number of hydrogen-bond acceptors (Lipinski definition) is 7. The zero-order valence-corrected chi connectivity index (χ0v) is 20.3. The summed E-state index contributed by atoms with van der Waals surface area (Å²) >= 11 is 0. The number of rotatable bonds is 5. The lowest BCUT2D eigenvalue weighted by Gasteiger charge is -2.36. The highest BCUT2D eigenvalue weighted by molar-refractivity contribution is 5.82. The number of nitrogens with zero attached hydrogens (tertiary/aromatic N) is 5. The van der Waals surface area contributed by atoms with Crippen molar-refractivity contribution in [2.24, 2.45) is 0 Å². The summed E-state index contributed by atoms with van der Waals surface area (Å²) in [6.45, 7) is 8.06. The fourth-order valence-corrected chi connectivity index (χ4v) is 4.47. The summed E-state index contributed by atoms with van der Waals surface area (Å²) in [7, 11) is 0. The molecule has 3 aromatic rings. The first-order valence-corrected chi connectivity index (χ1v) is 12.2. The largest absolute Gasteiger partial charge is 0.383 e. The summed E-state index contributed by atoms with van der Waals surface area (Å²) in [6, 6.07) is 18.1. The molecule has 35 heavy (non-hydrogen) atoms. The van der Waals surface area contributed by atoms with E-state index in [9.17, 15) is 15.0 Å². The third-order valence-electron chi connectivity index (χ3n) is 6.37. The van der Waals surface area contributed by atoms with Gasteiger partial charge in [-0.15, -0.1) is 0 Å². The van der Waals surface area contributed by atoms with Crippen molar-refractivity contribution < 1.29 is 15.0 Å². The van der Waals surface area contributed by atoms with Gasteiger partial charge in [-0.1, -0.05) is 56.3 Å². The van der Waals surface area contributed by atoms with Gasteiger partial charge < -0.3 is 24.9 Å². The van der Waals surface area contributed by atoms with Crippen LogP contribution in [0.3, 0.4) is 0 Å². The predicted molar refractivity (Wildman–Crippen MR) is 136 cm³/mol. The Bertz CT molecular complexity index is 1090. The number of aliphatic hydroxyl groups is 2. The molecule has 8 nitrogen and oxygen atoms in total. The molecule has 1 aromatic heterocycles. The minimum Gasteiger partial charge on any atom is -0.383 e. The van der Waals surface area contributed by atoms with E-state index in [0.717, 1.165) is 37.3 Å². The van der Waals surface area contributed by atoms with Gasteiger partial charge in [-0.2, -0.15) is 0 Å². The summed E-state index contributed by atoms with van der Waals surface area (Å²) in [5.74, 6) is 0.120. The van der Waals surface area contributed by atoms with Crippen LogP contribution in [0.4, 0.5) is 11.5 Å². The fraction of sp³-hybridized carbons (Fsp3) is 0.370. The van der Waals surface area contributed by atoms with E-state index < -0.39 is 18.1 Å². The first kappa shape index (κ1) is 24.6. The van der Waals surface area contributed by atoms with Crippen molar-refractivity contribution in [1.29, 1.82) is 0 Å². The van der Waals surface area contributed by atoms with E-state index in [1.807, 2.05) is 56.3 Å². The molecule has 1 fully saturated rings. The number of carbonyl (C=O) groups is 1. The number of fused-ring (bicyclic) bond motifs is 1. The molecule has 2 aliphatic rings. The number of carbonyl (C=O) groups excluding carboxylic acids is 1. The Morgan fingerprint density at radius 3 is 2.03 bits per heavy atom. The number of aromatic nitrogens is 2. The number of para-hydroxylation sites is 1. The van der Waals surface area contributed by atoms with Gasteiger partial charge in [-0.05, 0) is 23.3 Å². The van der Waals surface area contributed by atoms with Crippen molar-refractivity contribution in [1.82, 2.24) is 14.9 Å². The van der Waals surface area contributed by atoms with Crippen molar-refractivity contribution in [2.45, 2.75) is 39.1 Å². The highest BCUT2D eigenvalue weighted by Gasteiger charge is 2.34. The molecule has 0 saturated carbocycles. The third kappa shape index (κ3) is 5.44. The summed E-state index contributed by atoms with van der Waals surface area (Å²) in [6.07, 6.45) is 0.0154. The van der Waals surface area contributed by atoms with Crippen LogP contribution in [0.5, 0.6) is 0 Å². The van der Waals surface area contributed by atoms with Crippen molar-refractivity contribution in [3.05, 3.63) is 83.8 Å². The number of benzene rings is 2. The number of piperazine rings is 1. The molecule has 5 rings (SSSR count). The topological polar surface area (TPSA) is 93.0 Å². The van der Waals surface area contributed by atoms with E-state index in [2.05, 4.69) is 31.9 Å². The van der Waals surface area contributed by atoms with Crippen LogP contribution in [0, 0.1) is 0 Å². The summed E-state index contributed by atoms with van der Waals surface area (Å²) in [4.78, 5) is 27.6. The molecule has 0 spiro atoms. The maximum absolute atomic E-state index is 12.8. The van der Waals surface area contributed by atoms with Crippen molar-refractivity contribution >= 4 is 17.4 Å².